The van der Waals surface area contributed by atoms with Gasteiger partial charge >= 0.3 is 0 Å². The number of sulfone groups is 1. The van der Waals surface area contributed by atoms with Crippen LogP contribution in [-0.2, 0) is 16.3 Å². The van der Waals surface area contributed by atoms with Crippen molar-refractivity contribution < 1.29 is 12.9 Å². The van der Waals surface area contributed by atoms with Gasteiger partial charge in [0, 0.05) is 6.26 Å². The fraction of sp³-hybridized carbons (Fsp3) is 0.250. The zero-order valence-electron chi connectivity index (χ0n) is 9.96. The number of hydrogen-bond acceptors (Lipinski definition) is 5. The number of nitrogen functional groups attached to an aromatic ring is 1. The average molecular weight is 266 g/mol. The molecule has 2 aromatic rings. The van der Waals surface area contributed by atoms with E-state index in [0.717, 1.165) is 16.7 Å². The van der Waals surface area contributed by atoms with E-state index in [1.54, 1.807) is 6.20 Å². The standard InChI is InChI=1S/C12H14N2O3S/c1-18(15,16)7-6-9-2-4-10(5-3-9)11-8-14-17-12(11)13/h2-5,8H,6-7,13H2,1H3. The molecule has 0 saturated heterocycles. The minimum Gasteiger partial charge on any atom is -0.367 e. The van der Waals surface area contributed by atoms with E-state index in [0.29, 0.717) is 6.42 Å². The summed E-state index contributed by atoms with van der Waals surface area (Å²) in [5.41, 5.74) is 8.23. The maximum atomic E-state index is 11.1. The van der Waals surface area contributed by atoms with Crippen molar-refractivity contribution >= 4 is 15.7 Å². The number of nitrogens with two attached hydrogens (primary N) is 1. The number of rotatable bonds is 4. The lowest BCUT2D eigenvalue weighted by atomic mass is 10.1. The summed E-state index contributed by atoms with van der Waals surface area (Å²) < 4.78 is 26.9. The number of nitrogens with zero attached hydrogens (tertiary/aromatic N) is 1. The Kier molecular flexibility index (Phi) is 3.38. The number of benzene rings is 1. The van der Waals surface area contributed by atoms with Gasteiger partial charge in [-0.05, 0) is 17.5 Å². The highest BCUT2D eigenvalue weighted by molar-refractivity contribution is 7.90. The third kappa shape index (κ3) is 3.10. The number of hydrogen-bond donors (Lipinski definition) is 1. The molecule has 0 bridgehead atoms. The summed E-state index contributed by atoms with van der Waals surface area (Å²) in [4.78, 5) is 0. The molecule has 0 unspecified atom stereocenters. The molecule has 0 spiro atoms. The molecule has 6 heteroatoms. The molecule has 18 heavy (non-hydrogen) atoms. The fourth-order valence-corrected chi connectivity index (χ4v) is 2.23. The first kappa shape index (κ1) is 12.6. The van der Waals surface area contributed by atoms with Crippen molar-refractivity contribution in [2.24, 2.45) is 0 Å². The van der Waals surface area contributed by atoms with E-state index in [1.807, 2.05) is 24.3 Å². The Labute approximate surface area is 106 Å². The summed E-state index contributed by atoms with van der Waals surface area (Å²) in [6, 6.07) is 7.51. The van der Waals surface area contributed by atoms with E-state index in [2.05, 4.69) is 5.16 Å². The van der Waals surface area contributed by atoms with Crippen molar-refractivity contribution in [1.29, 1.82) is 0 Å². The highest BCUT2D eigenvalue weighted by atomic mass is 32.2. The van der Waals surface area contributed by atoms with Crippen LogP contribution < -0.4 is 5.73 Å². The molecule has 0 amide bonds. The summed E-state index contributed by atoms with van der Waals surface area (Å²) >= 11 is 0. The summed E-state index contributed by atoms with van der Waals surface area (Å²) in [5.74, 6) is 0.431. The lowest BCUT2D eigenvalue weighted by Crippen LogP contribution is -2.05. The van der Waals surface area contributed by atoms with Gasteiger partial charge < -0.3 is 10.3 Å². The zero-order valence-corrected chi connectivity index (χ0v) is 10.8. The summed E-state index contributed by atoms with van der Waals surface area (Å²) in [5, 5.41) is 3.61. The van der Waals surface area contributed by atoms with Crippen molar-refractivity contribution in [2.45, 2.75) is 6.42 Å². The Morgan fingerprint density at radius 3 is 2.44 bits per heavy atom. The molecular formula is C12H14N2O3S. The second-order valence-corrected chi connectivity index (χ2v) is 6.44. The molecule has 0 radical (unpaired) electrons. The Bertz CT molecular complexity index is 630. The molecule has 1 aromatic carbocycles. The lowest BCUT2D eigenvalue weighted by molar-refractivity contribution is 0.436. The predicted octanol–water partition coefficient (Wildman–Crippen LogP) is 1.51. The molecule has 0 aliphatic heterocycles. The van der Waals surface area contributed by atoms with Gasteiger partial charge in [0.05, 0.1) is 17.5 Å². The molecule has 1 aromatic heterocycles. The van der Waals surface area contributed by atoms with Crippen LogP contribution in [0.25, 0.3) is 11.1 Å². The molecule has 2 rings (SSSR count). The minimum atomic E-state index is -2.93. The normalized spacial score (nSPS) is 11.6. The molecular weight excluding hydrogens is 252 g/mol. The van der Waals surface area contributed by atoms with Crippen LogP contribution in [0.4, 0.5) is 5.88 Å². The lowest BCUT2D eigenvalue weighted by Gasteiger charge is -2.02. The van der Waals surface area contributed by atoms with E-state index >= 15 is 0 Å². The van der Waals surface area contributed by atoms with Crippen molar-refractivity contribution in [1.82, 2.24) is 5.16 Å². The molecule has 5 nitrogen and oxygen atoms in total. The molecule has 0 aliphatic carbocycles. The Hall–Kier alpha value is -1.82. The van der Waals surface area contributed by atoms with Crippen molar-refractivity contribution in [3.8, 4) is 11.1 Å². The number of aromatic nitrogens is 1. The van der Waals surface area contributed by atoms with Gasteiger partial charge in [-0.1, -0.05) is 29.4 Å². The van der Waals surface area contributed by atoms with Crippen LogP contribution in [0.15, 0.2) is 35.0 Å². The number of aryl methyl sites for hydroxylation is 1. The van der Waals surface area contributed by atoms with Crippen LogP contribution in [0, 0.1) is 0 Å². The van der Waals surface area contributed by atoms with Gasteiger partial charge in [-0.3, -0.25) is 0 Å². The first-order valence-corrected chi connectivity index (χ1v) is 7.49. The van der Waals surface area contributed by atoms with Crippen molar-refractivity contribution in [3.05, 3.63) is 36.0 Å². The summed E-state index contributed by atoms with van der Waals surface area (Å²) in [6.45, 7) is 0. The fourth-order valence-electron chi connectivity index (χ4n) is 1.62. The van der Waals surface area contributed by atoms with Crippen LogP contribution in [0.1, 0.15) is 5.56 Å². The van der Waals surface area contributed by atoms with Crippen LogP contribution >= 0.6 is 0 Å². The van der Waals surface area contributed by atoms with E-state index in [9.17, 15) is 8.42 Å². The quantitative estimate of drug-likeness (QED) is 0.906. The SMILES string of the molecule is CS(=O)(=O)CCc1ccc(-c2cnoc2N)cc1. The van der Waals surface area contributed by atoms with E-state index in [4.69, 9.17) is 10.3 Å². The highest BCUT2D eigenvalue weighted by Gasteiger charge is 2.07. The van der Waals surface area contributed by atoms with Crippen LogP contribution in [0.5, 0.6) is 0 Å². The van der Waals surface area contributed by atoms with Gasteiger partial charge in [0.25, 0.3) is 0 Å². The van der Waals surface area contributed by atoms with Gasteiger partial charge in [-0.25, -0.2) is 8.42 Å². The van der Waals surface area contributed by atoms with Crippen molar-refractivity contribution in [2.75, 3.05) is 17.7 Å². The van der Waals surface area contributed by atoms with Gasteiger partial charge in [-0.15, -0.1) is 0 Å². The Morgan fingerprint density at radius 2 is 1.94 bits per heavy atom. The van der Waals surface area contributed by atoms with E-state index < -0.39 is 9.84 Å². The monoisotopic (exact) mass is 266 g/mol. The first-order chi connectivity index (χ1) is 8.46. The molecule has 1 heterocycles. The second kappa shape index (κ2) is 4.81. The minimum absolute atomic E-state index is 0.155. The van der Waals surface area contributed by atoms with Gasteiger partial charge in [0.2, 0.25) is 5.88 Å². The van der Waals surface area contributed by atoms with E-state index in [1.165, 1.54) is 6.26 Å². The van der Waals surface area contributed by atoms with Crippen LogP contribution in [0.3, 0.4) is 0 Å². The topological polar surface area (TPSA) is 86.2 Å². The second-order valence-electron chi connectivity index (χ2n) is 4.18. The van der Waals surface area contributed by atoms with Crippen molar-refractivity contribution in [3.63, 3.8) is 0 Å². The third-order valence-electron chi connectivity index (χ3n) is 2.62. The number of anilines is 1. The maximum Gasteiger partial charge on any atom is 0.229 e. The Morgan fingerprint density at radius 1 is 1.28 bits per heavy atom. The molecule has 0 aliphatic rings. The van der Waals surface area contributed by atoms with E-state index in [-0.39, 0.29) is 11.6 Å². The van der Waals surface area contributed by atoms with Crippen LogP contribution in [-0.4, -0.2) is 25.6 Å². The molecule has 96 valence electrons. The van der Waals surface area contributed by atoms with Gasteiger partial charge in [0.1, 0.15) is 9.84 Å². The predicted molar refractivity (Wildman–Crippen MR) is 69.8 cm³/mol. The van der Waals surface area contributed by atoms with Gasteiger partial charge in [0.15, 0.2) is 0 Å². The maximum absolute atomic E-state index is 11.1. The van der Waals surface area contributed by atoms with Gasteiger partial charge in [-0.2, -0.15) is 0 Å². The average Bonchev–Trinajstić information content (AvgIpc) is 2.73. The highest BCUT2D eigenvalue weighted by Crippen LogP contribution is 2.25. The summed E-state index contributed by atoms with van der Waals surface area (Å²) in [7, 11) is -2.93. The molecule has 0 atom stereocenters. The Balaban J connectivity index is 2.13. The first-order valence-electron chi connectivity index (χ1n) is 5.43. The summed E-state index contributed by atoms with van der Waals surface area (Å²) in [6.07, 6.45) is 3.30. The third-order valence-corrected chi connectivity index (χ3v) is 3.57. The molecule has 2 N–H and O–H groups in total. The smallest absolute Gasteiger partial charge is 0.229 e. The van der Waals surface area contributed by atoms with Crippen LogP contribution in [0.2, 0.25) is 0 Å². The zero-order chi connectivity index (χ0) is 13.2. The largest absolute Gasteiger partial charge is 0.367 e. The molecule has 0 fully saturated rings. The molecule has 0 saturated carbocycles.